The Hall–Kier alpha value is -1.63. The van der Waals surface area contributed by atoms with Crippen molar-refractivity contribution in [3.8, 4) is 0 Å². The first kappa shape index (κ1) is 16.4. The molecule has 0 aliphatic heterocycles. The molecule has 0 spiro atoms. The first-order valence-electron chi connectivity index (χ1n) is 5.93. The summed E-state index contributed by atoms with van der Waals surface area (Å²) < 4.78 is 0. The molecule has 0 aromatic rings. The number of urea groups is 1. The number of nitrogens with zero attached hydrogens (tertiary/aromatic N) is 1. The highest BCUT2D eigenvalue weighted by molar-refractivity contribution is 5.94. The van der Waals surface area contributed by atoms with E-state index in [1.807, 2.05) is 18.9 Å². The minimum Gasteiger partial charge on any atom is -0.481 e. The van der Waals surface area contributed by atoms with E-state index in [1.54, 1.807) is 0 Å². The Morgan fingerprint density at radius 2 is 1.89 bits per heavy atom. The maximum atomic E-state index is 11.2. The maximum Gasteiger partial charge on any atom is 0.321 e. The minimum atomic E-state index is -0.949. The van der Waals surface area contributed by atoms with Crippen molar-refractivity contribution in [3.05, 3.63) is 0 Å². The molecule has 0 saturated carbocycles. The monoisotopic (exact) mass is 259 g/mol. The normalized spacial score (nSPS) is 10.2. The fraction of sp³-hybridized carbons (Fsp3) is 0.727. The molecular formula is C11H21N3O4. The minimum absolute atomic E-state index is 0.0363. The van der Waals surface area contributed by atoms with E-state index in [0.29, 0.717) is 13.1 Å². The maximum absolute atomic E-state index is 11.2. The lowest BCUT2D eigenvalue weighted by molar-refractivity contribution is -0.137. The lowest BCUT2D eigenvalue weighted by Gasteiger charge is -2.13. The molecular weight excluding hydrogens is 238 g/mol. The standard InChI is InChI=1S/C11H21N3O4/c1-3-14(2)8-7-12-11(18)13-9(15)5-4-6-10(16)17/h3-8H2,1-2H3,(H,16,17)(H2,12,13,15,18). The van der Waals surface area contributed by atoms with Gasteiger partial charge in [-0.05, 0) is 20.0 Å². The zero-order valence-corrected chi connectivity index (χ0v) is 10.9. The fourth-order valence-electron chi connectivity index (χ4n) is 1.15. The number of amides is 3. The molecule has 0 bridgehead atoms. The number of carboxylic acid groups (broad SMARTS) is 1. The topological polar surface area (TPSA) is 98.7 Å². The van der Waals surface area contributed by atoms with E-state index >= 15 is 0 Å². The van der Waals surface area contributed by atoms with Gasteiger partial charge in [0.15, 0.2) is 0 Å². The zero-order valence-electron chi connectivity index (χ0n) is 10.9. The number of likely N-dealkylation sites (N-methyl/N-ethyl adjacent to an activating group) is 1. The highest BCUT2D eigenvalue weighted by Gasteiger charge is 2.08. The van der Waals surface area contributed by atoms with E-state index < -0.39 is 17.9 Å². The second-order valence-corrected chi connectivity index (χ2v) is 3.95. The number of carboxylic acids is 1. The summed E-state index contributed by atoms with van der Waals surface area (Å²) in [5, 5.41) is 13.1. The summed E-state index contributed by atoms with van der Waals surface area (Å²) in [4.78, 5) is 34.7. The van der Waals surface area contributed by atoms with Crippen molar-refractivity contribution in [2.24, 2.45) is 0 Å². The Morgan fingerprint density at radius 1 is 1.22 bits per heavy atom. The number of carbonyl (C=O) groups is 3. The van der Waals surface area contributed by atoms with Crippen molar-refractivity contribution in [1.82, 2.24) is 15.5 Å². The van der Waals surface area contributed by atoms with Gasteiger partial charge in [-0.2, -0.15) is 0 Å². The number of hydrogen-bond acceptors (Lipinski definition) is 4. The summed E-state index contributed by atoms with van der Waals surface area (Å²) in [6.07, 6.45) is 0.192. The lowest BCUT2D eigenvalue weighted by atomic mass is 10.2. The highest BCUT2D eigenvalue weighted by atomic mass is 16.4. The average Bonchev–Trinajstić information content (AvgIpc) is 2.28. The third kappa shape index (κ3) is 9.59. The van der Waals surface area contributed by atoms with Crippen molar-refractivity contribution >= 4 is 17.9 Å². The molecule has 7 heteroatoms. The van der Waals surface area contributed by atoms with Crippen LogP contribution in [0.25, 0.3) is 0 Å². The van der Waals surface area contributed by atoms with Gasteiger partial charge < -0.3 is 15.3 Å². The number of rotatable bonds is 8. The van der Waals surface area contributed by atoms with Crippen LogP contribution in [0.5, 0.6) is 0 Å². The predicted octanol–water partition coefficient (Wildman–Crippen LogP) is 0.0188. The third-order valence-corrected chi connectivity index (χ3v) is 2.37. The van der Waals surface area contributed by atoms with Crippen LogP contribution in [0.2, 0.25) is 0 Å². The quantitative estimate of drug-likeness (QED) is 0.570. The molecule has 0 saturated heterocycles. The molecule has 0 aliphatic rings. The number of carbonyl (C=O) groups excluding carboxylic acids is 2. The van der Waals surface area contributed by atoms with E-state index in [1.165, 1.54) is 0 Å². The number of hydrogen-bond donors (Lipinski definition) is 3. The van der Waals surface area contributed by atoms with Crippen LogP contribution in [0.15, 0.2) is 0 Å². The van der Waals surface area contributed by atoms with E-state index in [9.17, 15) is 14.4 Å². The molecule has 0 unspecified atom stereocenters. The van der Waals surface area contributed by atoms with E-state index in [4.69, 9.17) is 5.11 Å². The van der Waals surface area contributed by atoms with Gasteiger partial charge in [-0.25, -0.2) is 4.79 Å². The molecule has 3 amide bonds. The number of aliphatic carboxylic acids is 1. The average molecular weight is 259 g/mol. The molecule has 0 aliphatic carbocycles. The fourth-order valence-corrected chi connectivity index (χ4v) is 1.15. The molecule has 0 fully saturated rings. The molecule has 0 heterocycles. The molecule has 7 nitrogen and oxygen atoms in total. The second kappa shape index (κ2) is 9.41. The van der Waals surface area contributed by atoms with Crippen LogP contribution >= 0.6 is 0 Å². The SMILES string of the molecule is CCN(C)CCNC(=O)NC(=O)CCCC(=O)O. The van der Waals surface area contributed by atoms with Crippen molar-refractivity contribution < 1.29 is 19.5 Å². The third-order valence-electron chi connectivity index (χ3n) is 2.37. The molecule has 0 aromatic carbocycles. The Bertz CT molecular complexity index is 294. The van der Waals surface area contributed by atoms with Crippen molar-refractivity contribution in [2.45, 2.75) is 26.2 Å². The molecule has 0 radical (unpaired) electrons. The van der Waals surface area contributed by atoms with Crippen LogP contribution in [-0.2, 0) is 9.59 Å². The Kier molecular flexibility index (Phi) is 8.55. The van der Waals surface area contributed by atoms with Gasteiger partial charge >= 0.3 is 12.0 Å². The Balaban J connectivity index is 3.61. The molecule has 0 rings (SSSR count). The predicted molar refractivity (Wildman–Crippen MR) is 66.2 cm³/mol. The van der Waals surface area contributed by atoms with Gasteiger partial charge in [0.05, 0.1) is 0 Å². The van der Waals surface area contributed by atoms with Crippen LogP contribution < -0.4 is 10.6 Å². The van der Waals surface area contributed by atoms with Crippen molar-refractivity contribution in [1.29, 1.82) is 0 Å². The summed E-state index contributed by atoms with van der Waals surface area (Å²) >= 11 is 0. The van der Waals surface area contributed by atoms with Crippen LogP contribution in [0, 0.1) is 0 Å². The second-order valence-electron chi connectivity index (χ2n) is 3.95. The van der Waals surface area contributed by atoms with Crippen molar-refractivity contribution in [3.63, 3.8) is 0 Å². The van der Waals surface area contributed by atoms with Gasteiger partial charge in [0, 0.05) is 25.9 Å². The van der Waals surface area contributed by atoms with Gasteiger partial charge in [-0.15, -0.1) is 0 Å². The van der Waals surface area contributed by atoms with Gasteiger partial charge in [0.1, 0.15) is 0 Å². The summed E-state index contributed by atoms with van der Waals surface area (Å²) in [5.74, 6) is -1.41. The molecule has 0 aromatic heterocycles. The van der Waals surface area contributed by atoms with Crippen LogP contribution in [0.1, 0.15) is 26.2 Å². The largest absolute Gasteiger partial charge is 0.481 e. The molecule has 0 atom stereocenters. The summed E-state index contributed by atoms with van der Waals surface area (Å²) in [6.45, 7) is 4.05. The number of imide groups is 1. The smallest absolute Gasteiger partial charge is 0.321 e. The molecule has 104 valence electrons. The van der Waals surface area contributed by atoms with Gasteiger partial charge in [0.2, 0.25) is 5.91 Å². The van der Waals surface area contributed by atoms with Gasteiger partial charge in [0.25, 0.3) is 0 Å². The summed E-state index contributed by atoms with van der Waals surface area (Å²) in [6, 6.07) is -0.542. The molecule has 18 heavy (non-hydrogen) atoms. The number of nitrogens with one attached hydrogen (secondary N) is 2. The van der Waals surface area contributed by atoms with Crippen molar-refractivity contribution in [2.75, 3.05) is 26.7 Å². The zero-order chi connectivity index (χ0) is 14.0. The summed E-state index contributed by atoms with van der Waals surface area (Å²) in [7, 11) is 1.93. The Labute approximate surface area is 107 Å². The first-order chi connectivity index (χ1) is 8.45. The highest BCUT2D eigenvalue weighted by Crippen LogP contribution is 1.94. The first-order valence-corrected chi connectivity index (χ1v) is 5.93. The molecule has 3 N–H and O–H groups in total. The van der Waals surface area contributed by atoms with E-state index in [-0.39, 0.29) is 19.3 Å². The van der Waals surface area contributed by atoms with Crippen LogP contribution in [-0.4, -0.2) is 54.6 Å². The van der Waals surface area contributed by atoms with E-state index in [0.717, 1.165) is 6.54 Å². The Morgan fingerprint density at radius 3 is 2.44 bits per heavy atom. The lowest BCUT2D eigenvalue weighted by Crippen LogP contribution is -2.42. The van der Waals surface area contributed by atoms with E-state index in [2.05, 4.69) is 10.6 Å². The van der Waals surface area contributed by atoms with Gasteiger partial charge in [-0.1, -0.05) is 6.92 Å². The van der Waals surface area contributed by atoms with Crippen LogP contribution in [0.4, 0.5) is 4.79 Å². The van der Waals surface area contributed by atoms with Gasteiger partial charge in [-0.3, -0.25) is 14.9 Å². The van der Waals surface area contributed by atoms with Crippen LogP contribution in [0.3, 0.4) is 0 Å². The summed E-state index contributed by atoms with van der Waals surface area (Å²) in [5.41, 5.74) is 0.